The first-order valence-corrected chi connectivity index (χ1v) is 14.4. The molecule has 11 nitrogen and oxygen atoms in total. The zero-order valence-electron chi connectivity index (χ0n) is 21.6. The number of nitrogens with one attached hydrogen (secondary N) is 2. The molecule has 0 radical (unpaired) electrons. The smallest absolute Gasteiger partial charge is 0.348 e. The molecule has 1 amide bonds. The summed E-state index contributed by atoms with van der Waals surface area (Å²) in [6.45, 7) is 12.9. The van der Waals surface area contributed by atoms with Gasteiger partial charge in [0, 0.05) is 17.6 Å². The third-order valence-electron chi connectivity index (χ3n) is 6.10. The molecule has 1 aromatic rings. The first-order chi connectivity index (χ1) is 16.4. The van der Waals surface area contributed by atoms with Crippen LogP contribution in [0.5, 0.6) is 0 Å². The third-order valence-corrected chi connectivity index (χ3v) is 8.59. The van der Waals surface area contributed by atoms with E-state index in [-0.39, 0.29) is 46.7 Å². The van der Waals surface area contributed by atoms with Gasteiger partial charge in [-0.3, -0.25) is 14.1 Å². The molecule has 2 heterocycles. The quantitative estimate of drug-likeness (QED) is 0.260. The summed E-state index contributed by atoms with van der Waals surface area (Å²) in [5.74, 6) is -1.44. The SMILES string of the molecule is CCOP1(=O)N=C(C2=C(O)C(O)(C(C)(C)C)N(CCC(C)(C)C)C2=O)Nc2ccc(N[SH](=O)=O)cc21. The number of anilines is 2. The minimum absolute atomic E-state index is 0.0174. The van der Waals surface area contributed by atoms with Crippen molar-refractivity contribution >= 4 is 46.8 Å². The number of hydrogen-bond acceptors (Lipinski definition) is 8. The average Bonchev–Trinajstić information content (AvgIpc) is 2.92. The monoisotopic (exact) mass is 542 g/mol. The van der Waals surface area contributed by atoms with E-state index in [1.165, 1.54) is 23.1 Å². The van der Waals surface area contributed by atoms with E-state index in [1.807, 2.05) is 20.8 Å². The maximum atomic E-state index is 13.9. The molecule has 36 heavy (non-hydrogen) atoms. The normalized spacial score (nSPS) is 24.6. The second kappa shape index (κ2) is 9.48. The number of amides is 1. The zero-order chi connectivity index (χ0) is 27.3. The zero-order valence-corrected chi connectivity index (χ0v) is 23.4. The molecule has 13 heteroatoms. The molecule has 0 bridgehead atoms. The van der Waals surface area contributed by atoms with Crippen LogP contribution in [0.25, 0.3) is 0 Å². The van der Waals surface area contributed by atoms with Crippen molar-refractivity contribution in [2.45, 2.75) is 60.6 Å². The summed E-state index contributed by atoms with van der Waals surface area (Å²) in [5, 5.41) is 26.0. The molecule has 2 aliphatic heterocycles. The van der Waals surface area contributed by atoms with Crippen molar-refractivity contribution in [1.82, 2.24) is 4.90 Å². The van der Waals surface area contributed by atoms with Crippen LogP contribution in [0, 0.1) is 10.8 Å². The van der Waals surface area contributed by atoms with E-state index >= 15 is 0 Å². The molecule has 0 fully saturated rings. The van der Waals surface area contributed by atoms with Crippen LogP contribution in [0.2, 0.25) is 0 Å². The molecule has 0 spiro atoms. The number of carbonyl (C=O) groups excluding carboxylic acids is 1. The van der Waals surface area contributed by atoms with E-state index in [0.717, 1.165) is 0 Å². The maximum Gasteiger partial charge on any atom is 0.348 e. The topological polar surface area (TPSA) is 158 Å². The highest BCUT2D eigenvalue weighted by Crippen LogP contribution is 2.53. The van der Waals surface area contributed by atoms with Crippen LogP contribution >= 0.6 is 7.52 Å². The van der Waals surface area contributed by atoms with Crippen molar-refractivity contribution in [3.05, 3.63) is 29.5 Å². The van der Waals surface area contributed by atoms with Gasteiger partial charge in [-0.05, 0) is 37.0 Å². The van der Waals surface area contributed by atoms with Crippen LogP contribution in [0.1, 0.15) is 54.9 Å². The Labute approximate surface area is 213 Å². The number of aliphatic hydroxyl groups is 2. The molecule has 2 unspecified atom stereocenters. The number of nitrogens with zero attached hydrogens (tertiary/aromatic N) is 2. The summed E-state index contributed by atoms with van der Waals surface area (Å²) in [4.78, 5) is 14.9. The van der Waals surface area contributed by atoms with Crippen LogP contribution in [0.4, 0.5) is 11.4 Å². The number of fused-ring (bicyclic) bond motifs is 1. The van der Waals surface area contributed by atoms with Crippen molar-refractivity contribution < 1.29 is 32.5 Å². The highest BCUT2D eigenvalue weighted by molar-refractivity contribution is 7.74. The van der Waals surface area contributed by atoms with E-state index < -0.39 is 41.2 Å². The van der Waals surface area contributed by atoms with E-state index in [9.17, 15) is 28.0 Å². The Hall–Kier alpha value is -2.40. The van der Waals surface area contributed by atoms with Gasteiger partial charge in [0.15, 0.2) is 11.6 Å². The van der Waals surface area contributed by atoms with Crippen LogP contribution in [-0.2, 0) is 24.8 Å². The van der Waals surface area contributed by atoms with Crippen molar-refractivity contribution in [2.75, 3.05) is 23.2 Å². The first-order valence-electron chi connectivity index (χ1n) is 11.6. The molecule has 3 rings (SSSR count). The lowest BCUT2D eigenvalue weighted by Gasteiger charge is -2.44. The van der Waals surface area contributed by atoms with Gasteiger partial charge in [0.2, 0.25) is 16.6 Å². The lowest BCUT2D eigenvalue weighted by molar-refractivity contribution is -0.173. The first kappa shape index (κ1) is 28.2. The Morgan fingerprint density at radius 1 is 1.22 bits per heavy atom. The van der Waals surface area contributed by atoms with Crippen molar-refractivity contribution in [3.63, 3.8) is 0 Å². The molecule has 200 valence electrons. The molecule has 0 saturated carbocycles. The van der Waals surface area contributed by atoms with Crippen LogP contribution in [0.3, 0.4) is 0 Å². The number of amidine groups is 1. The molecule has 1 aromatic carbocycles. The van der Waals surface area contributed by atoms with Crippen molar-refractivity contribution in [2.24, 2.45) is 15.6 Å². The fourth-order valence-corrected chi connectivity index (χ4v) is 6.29. The lowest BCUT2D eigenvalue weighted by atomic mass is 9.80. The predicted molar refractivity (Wildman–Crippen MR) is 140 cm³/mol. The van der Waals surface area contributed by atoms with E-state index in [0.29, 0.717) is 6.42 Å². The fourth-order valence-electron chi connectivity index (χ4n) is 4.14. The van der Waals surface area contributed by atoms with Gasteiger partial charge in [-0.25, -0.2) is 8.42 Å². The number of carbonyl (C=O) groups is 1. The summed E-state index contributed by atoms with van der Waals surface area (Å²) in [6.07, 6.45) is 0.551. The Morgan fingerprint density at radius 3 is 2.39 bits per heavy atom. The summed E-state index contributed by atoms with van der Waals surface area (Å²) in [7, 11) is -6.94. The Bertz CT molecular complexity index is 1250. The van der Waals surface area contributed by atoms with Gasteiger partial charge in [0.1, 0.15) is 5.57 Å². The summed E-state index contributed by atoms with van der Waals surface area (Å²) in [5.41, 5.74) is -3.01. The van der Waals surface area contributed by atoms with Gasteiger partial charge < -0.3 is 25.0 Å². The van der Waals surface area contributed by atoms with Gasteiger partial charge >= 0.3 is 7.52 Å². The molecule has 0 aromatic heterocycles. The number of benzene rings is 1. The third kappa shape index (κ3) is 5.04. The van der Waals surface area contributed by atoms with Gasteiger partial charge in [-0.2, -0.15) is 4.76 Å². The minimum atomic E-state index is -3.99. The highest BCUT2D eigenvalue weighted by Gasteiger charge is 2.59. The van der Waals surface area contributed by atoms with E-state index in [1.54, 1.807) is 27.7 Å². The second-order valence-electron chi connectivity index (χ2n) is 11.0. The molecule has 0 saturated heterocycles. The summed E-state index contributed by atoms with van der Waals surface area (Å²) >= 11 is 0. The minimum Gasteiger partial charge on any atom is -0.506 e. The molecule has 2 atom stereocenters. The molecule has 2 aliphatic rings. The van der Waals surface area contributed by atoms with Crippen LogP contribution < -0.4 is 15.3 Å². The average molecular weight is 543 g/mol. The molecule has 4 N–H and O–H groups in total. The predicted octanol–water partition coefficient (Wildman–Crippen LogP) is 3.13. The van der Waals surface area contributed by atoms with Crippen molar-refractivity contribution in [1.29, 1.82) is 0 Å². The Morgan fingerprint density at radius 2 is 1.86 bits per heavy atom. The standard InChI is InChI=1S/C23H35N4O7PS/c1-8-34-35(31)16-13-14(26-36(32)33)9-10-15(16)24-19(25-35)17-18(28)23(30,22(5,6)7)27(20(17)29)12-11-21(2,3)4/h9-10,13,28,30,36H,8,11-12H2,1-7H3,(H,24,25,31)(H,26,32,33). The van der Waals surface area contributed by atoms with Crippen LogP contribution in [0.15, 0.2) is 34.3 Å². The van der Waals surface area contributed by atoms with Crippen LogP contribution in [-0.4, -0.2) is 54.2 Å². The highest BCUT2D eigenvalue weighted by atomic mass is 32.2. The largest absolute Gasteiger partial charge is 0.506 e. The molecular formula is C23H35N4O7PS. The van der Waals surface area contributed by atoms with E-state index in [4.69, 9.17) is 4.52 Å². The maximum absolute atomic E-state index is 13.9. The van der Waals surface area contributed by atoms with Gasteiger partial charge in [-0.1, -0.05) is 41.5 Å². The van der Waals surface area contributed by atoms with Gasteiger partial charge in [0.25, 0.3) is 5.91 Å². The summed E-state index contributed by atoms with van der Waals surface area (Å²) < 4.78 is 48.0. The molecular weight excluding hydrogens is 507 g/mol. The lowest BCUT2D eigenvalue weighted by Crippen LogP contribution is -2.57. The summed E-state index contributed by atoms with van der Waals surface area (Å²) in [6, 6.07) is 4.26. The Kier molecular flexibility index (Phi) is 7.42. The number of thiol groups is 1. The number of aliphatic hydroxyl groups excluding tert-OH is 1. The fraction of sp³-hybridized carbons (Fsp3) is 0.565. The van der Waals surface area contributed by atoms with Crippen molar-refractivity contribution in [3.8, 4) is 0 Å². The Balaban J connectivity index is 2.16. The van der Waals surface area contributed by atoms with Gasteiger partial charge in [0.05, 0.1) is 17.6 Å². The number of rotatable bonds is 7. The molecule has 0 aliphatic carbocycles. The number of hydrogen-bond donors (Lipinski definition) is 5. The van der Waals surface area contributed by atoms with Gasteiger partial charge in [-0.15, -0.1) is 0 Å². The second-order valence-corrected chi connectivity index (χ2v) is 13.7. The van der Waals surface area contributed by atoms with E-state index in [2.05, 4.69) is 14.8 Å².